The predicted octanol–water partition coefficient (Wildman–Crippen LogP) is 1.48. The van der Waals surface area contributed by atoms with Crippen molar-refractivity contribution < 1.29 is 12.6 Å². The van der Waals surface area contributed by atoms with Crippen molar-refractivity contribution in [2.45, 2.75) is 30.9 Å². The van der Waals surface area contributed by atoms with Crippen molar-refractivity contribution in [2.24, 2.45) is 5.73 Å². The van der Waals surface area contributed by atoms with Crippen LogP contribution in [0.5, 0.6) is 0 Å². The Kier molecular flexibility index (Phi) is 4.26. The van der Waals surface area contributed by atoms with E-state index in [2.05, 4.69) is 0 Å². The molecule has 1 unspecified atom stereocenters. The van der Waals surface area contributed by atoms with Crippen LogP contribution in [0.2, 0.25) is 0 Å². The number of hydrogen-bond acceptors (Lipinski definition) is 4. The van der Waals surface area contributed by atoms with Gasteiger partial charge in [-0.2, -0.15) is 8.42 Å². The zero-order valence-electron chi connectivity index (χ0n) is 8.59. The van der Waals surface area contributed by atoms with E-state index < -0.39 is 16.3 Å². The van der Waals surface area contributed by atoms with Crippen LogP contribution in [0.25, 0.3) is 0 Å². The third-order valence-electron chi connectivity index (χ3n) is 1.86. The van der Waals surface area contributed by atoms with Gasteiger partial charge in [-0.05, 0) is 18.6 Å². The van der Waals surface area contributed by atoms with E-state index >= 15 is 0 Å². The van der Waals surface area contributed by atoms with E-state index in [-0.39, 0.29) is 4.90 Å². The molecule has 15 heavy (non-hydrogen) atoms. The number of hydrogen-bond donors (Lipinski definition) is 1. The molecule has 1 rings (SSSR count). The summed E-state index contributed by atoms with van der Waals surface area (Å²) in [6, 6.07) is 7.98. The third kappa shape index (κ3) is 3.62. The molecule has 5 heteroatoms. The molecule has 0 saturated heterocycles. The van der Waals surface area contributed by atoms with Gasteiger partial charge in [-0.1, -0.05) is 31.5 Å². The smallest absolute Gasteiger partial charge is 0.298 e. The summed E-state index contributed by atoms with van der Waals surface area (Å²) in [5.41, 5.74) is 5.51. The minimum absolute atomic E-state index is 0.136. The molecule has 0 bridgehead atoms. The Morgan fingerprint density at radius 2 is 1.93 bits per heavy atom. The standard InChI is InChI=1S/C10H15NO3S/c1-2-6-10(11)14-15(12,13)9-7-4-3-5-8-9/h3-5,7-8,10H,2,6,11H2,1H3. The maximum absolute atomic E-state index is 11.6. The number of benzene rings is 1. The lowest BCUT2D eigenvalue weighted by Crippen LogP contribution is -2.26. The topological polar surface area (TPSA) is 69.4 Å². The summed E-state index contributed by atoms with van der Waals surface area (Å²) in [4.78, 5) is 0.136. The Labute approximate surface area is 90.2 Å². The van der Waals surface area contributed by atoms with Gasteiger partial charge in [0.25, 0.3) is 10.1 Å². The van der Waals surface area contributed by atoms with E-state index in [9.17, 15) is 8.42 Å². The van der Waals surface area contributed by atoms with Crippen molar-refractivity contribution in [3.05, 3.63) is 30.3 Å². The molecular formula is C10H15NO3S. The van der Waals surface area contributed by atoms with Gasteiger partial charge in [0.15, 0.2) is 0 Å². The lowest BCUT2D eigenvalue weighted by atomic mass is 10.3. The maximum Gasteiger partial charge on any atom is 0.298 e. The van der Waals surface area contributed by atoms with Gasteiger partial charge >= 0.3 is 0 Å². The zero-order chi connectivity index (χ0) is 11.3. The molecule has 2 N–H and O–H groups in total. The second-order valence-electron chi connectivity index (χ2n) is 3.19. The van der Waals surface area contributed by atoms with Crippen LogP contribution in [0.4, 0.5) is 0 Å². The molecular weight excluding hydrogens is 214 g/mol. The van der Waals surface area contributed by atoms with Crippen LogP contribution in [-0.2, 0) is 14.3 Å². The lowest BCUT2D eigenvalue weighted by molar-refractivity contribution is 0.205. The average molecular weight is 229 g/mol. The van der Waals surface area contributed by atoms with E-state index in [0.717, 1.165) is 6.42 Å². The van der Waals surface area contributed by atoms with Crippen molar-refractivity contribution in [3.8, 4) is 0 Å². The highest BCUT2D eigenvalue weighted by Gasteiger charge is 2.18. The van der Waals surface area contributed by atoms with Gasteiger partial charge in [0.1, 0.15) is 6.23 Å². The fourth-order valence-electron chi connectivity index (χ4n) is 1.14. The first-order valence-electron chi connectivity index (χ1n) is 4.80. The molecule has 0 aliphatic carbocycles. The molecule has 1 atom stereocenters. The van der Waals surface area contributed by atoms with Crippen LogP contribution in [0.15, 0.2) is 35.2 Å². The Morgan fingerprint density at radius 3 is 2.47 bits per heavy atom. The molecule has 0 radical (unpaired) electrons. The Morgan fingerprint density at radius 1 is 1.33 bits per heavy atom. The van der Waals surface area contributed by atoms with Gasteiger partial charge in [-0.3, -0.25) is 0 Å². The molecule has 0 spiro atoms. The summed E-state index contributed by atoms with van der Waals surface area (Å²) in [5, 5.41) is 0. The number of rotatable bonds is 5. The van der Waals surface area contributed by atoms with E-state index in [0.29, 0.717) is 6.42 Å². The molecule has 4 nitrogen and oxygen atoms in total. The summed E-state index contributed by atoms with van der Waals surface area (Å²) in [6.45, 7) is 1.92. The maximum atomic E-state index is 11.6. The third-order valence-corrected chi connectivity index (χ3v) is 3.21. The molecule has 0 aliphatic heterocycles. The van der Waals surface area contributed by atoms with Gasteiger partial charge < -0.3 is 5.73 Å². The molecule has 0 aliphatic rings. The summed E-state index contributed by atoms with van der Waals surface area (Å²) in [6.07, 6.45) is 0.539. The summed E-state index contributed by atoms with van der Waals surface area (Å²) >= 11 is 0. The molecule has 1 aromatic rings. The monoisotopic (exact) mass is 229 g/mol. The molecule has 0 aromatic heterocycles. The van der Waals surface area contributed by atoms with Crippen LogP contribution >= 0.6 is 0 Å². The highest BCUT2D eigenvalue weighted by atomic mass is 32.2. The van der Waals surface area contributed by atoms with Gasteiger partial charge in [0.2, 0.25) is 0 Å². The van der Waals surface area contributed by atoms with Crippen LogP contribution in [0, 0.1) is 0 Å². The molecule has 1 aromatic carbocycles. The van der Waals surface area contributed by atoms with Crippen molar-refractivity contribution in [1.82, 2.24) is 0 Å². The zero-order valence-corrected chi connectivity index (χ0v) is 9.41. The van der Waals surface area contributed by atoms with Gasteiger partial charge in [0.05, 0.1) is 4.90 Å². The van der Waals surface area contributed by atoms with Gasteiger partial charge in [-0.25, -0.2) is 4.18 Å². The molecule has 0 amide bonds. The van der Waals surface area contributed by atoms with Crippen molar-refractivity contribution in [2.75, 3.05) is 0 Å². The highest BCUT2D eigenvalue weighted by molar-refractivity contribution is 7.86. The minimum Gasteiger partial charge on any atom is -0.305 e. The van der Waals surface area contributed by atoms with Crippen LogP contribution < -0.4 is 5.73 Å². The van der Waals surface area contributed by atoms with Gasteiger partial charge in [-0.15, -0.1) is 0 Å². The summed E-state index contributed by atoms with van der Waals surface area (Å²) < 4.78 is 28.0. The largest absolute Gasteiger partial charge is 0.305 e. The SMILES string of the molecule is CCCC(N)OS(=O)(=O)c1ccccc1. The average Bonchev–Trinajstić information content (AvgIpc) is 2.18. The molecule has 0 heterocycles. The van der Waals surface area contributed by atoms with E-state index in [1.165, 1.54) is 12.1 Å². The second kappa shape index (κ2) is 5.25. The lowest BCUT2D eigenvalue weighted by Gasteiger charge is -2.11. The molecule has 0 saturated carbocycles. The Balaban J connectivity index is 2.77. The first-order chi connectivity index (χ1) is 7.06. The molecule has 84 valence electrons. The van der Waals surface area contributed by atoms with Crippen LogP contribution in [0.3, 0.4) is 0 Å². The van der Waals surface area contributed by atoms with Crippen molar-refractivity contribution in [1.29, 1.82) is 0 Å². The van der Waals surface area contributed by atoms with Crippen molar-refractivity contribution in [3.63, 3.8) is 0 Å². The number of nitrogens with two attached hydrogens (primary N) is 1. The minimum atomic E-state index is -3.71. The summed E-state index contributed by atoms with van der Waals surface area (Å²) in [5.74, 6) is 0. The molecule has 0 fully saturated rings. The fourth-order valence-corrected chi connectivity index (χ4v) is 2.16. The quantitative estimate of drug-likeness (QED) is 0.613. The normalized spacial score (nSPS) is 13.7. The fraction of sp³-hybridized carbons (Fsp3) is 0.400. The van der Waals surface area contributed by atoms with Crippen LogP contribution in [-0.4, -0.2) is 14.6 Å². The summed E-state index contributed by atoms with van der Waals surface area (Å²) in [7, 11) is -3.71. The predicted molar refractivity (Wildman–Crippen MR) is 57.6 cm³/mol. The Bertz CT molecular complexity index is 388. The van der Waals surface area contributed by atoms with Crippen molar-refractivity contribution >= 4 is 10.1 Å². The Hall–Kier alpha value is -0.910. The second-order valence-corrected chi connectivity index (χ2v) is 4.76. The van der Waals surface area contributed by atoms with Gasteiger partial charge in [0, 0.05) is 0 Å². The highest BCUT2D eigenvalue weighted by Crippen LogP contribution is 2.13. The first-order valence-corrected chi connectivity index (χ1v) is 6.21. The van der Waals surface area contributed by atoms with E-state index in [4.69, 9.17) is 9.92 Å². The van der Waals surface area contributed by atoms with Crippen LogP contribution in [0.1, 0.15) is 19.8 Å². The first kappa shape index (κ1) is 12.2. The van der Waals surface area contributed by atoms with E-state index in [1.54, 1.807) is 18.2 Å². The van der Waals surface area contributed by atoms with E-state index in [1.807, 2.05) is 6.92 Å².